The fourth-order valence-corrected chi connectivity index (χ4v) is 2.23. The largest absolute Gasteiger partial charge is 0.486 e. The second kappa shape index (κ2) is 6.02. The van der Waals surface area contributed by atoms with Gasteiger partial charge < -0.3 is 9.47 Å². The van der Waals surface area contributed by atoms with Crippen molar-refractivity contribution in [2.75, 3.05) is 13.2 Å². The van der Waals surface area contributed by atoms with Crippen molar-refractivity contribution in [3.05, 3.63) is 65.0 Å². The first kappa shape index (κ1) is 14.3. The van der Waals surface area contributed by atoms with Crippen LogP contribution in [0.5, 0.6) is 11.5 Å². The third-order valence-corrected chi connectivity index (χ3v) is 3.44. The van der Waals surface area contributed by atoms with Crippen LogP contribution in [0.3, 0.4) is 0 Å². The van der Waals surface area contributed by atoms with E-state index in [-0.39, 0.29) is 11.6 Å². The number of benzene rings is 2. The number of aryl methyl sites for hydroxylation is 1. The van der Waals surface area contributed by atoms with Crippen molar-refractivity contribution >= 4 is 11.9 Å². The molecule has 0 unspecified atom stereocenters. The molecule has 3 rings (SSSR count). The first-order valence-corrected chi connectivity index (χ1v) is 7.02. The summed E-state index contributed by atoms with van der Waals surface area (Å²) >= 11 is 0. The Kier molecular flexibility index (Phi) is 3.92. The van der Waals surface area contributed by atoms with Gasteiger partial charge in [-0.15, -0.1) is 0 Å². The number of hydrogen-bond acceptors (Lipinski definition) is 3. The highest BCUT2D eigenvalue weighted by Crippen LogP contribution is 2.31. The van der Waals surface area contributed by atoms with Crippen LogP contribution >= 0.6 is 0 Å². The first-order chi connectivity index (χ1) is 10.6. The van der Waals surface area contributed by atoms with Gasteiger partial charge in [0.05, 0.1) is 0 Å². The van der Waals surface area contributed by atoms with E-state index in [4.69, 9.17) is 9.47 Å². The summed E-state index contributed by atoms with van der Waals surface area (Å²) in [6.07, 6.45) is 3.18. The number of carbonyl (C=O) groups excluding carboxylic acids is 1. The van der Waals surface area contributed by atoms with Gasteiger partial charge in [0.1, 0.15) is 19.0 Å². The van der Waals surface area contributed by atoms with E-state index in [0.717, 1.165) is 5.56 Å². The standard InChI is InChI=1S/C18H15FO3/c1-12-10-14(4-5-15(12)19)16(20)6-2-13-3-7-17-18(11-13)22-9-8-21-17/h2-7,10-11H,8-9H2,1H3/b6-2+. The van der Waals surface area contributed by atoms with Crippen LogP contribution in [-0.4, -0.2) is 19.0 Å². The summed E-state index contributed by atoms with van der Waals surface area (Å²) in [4.78, 5) is 12.1. The zero-order valence-corrected chi connectivity index (χ0v) is 12.1. The van der Waals surface area contributed by atoms with Gasteiger partial charge in [0.15, 0.2) is 17.3 Å². The lowest BCUT2D eigenvalue weighted by molar-refractivity contribution is 0.104. The highest BCUT2D eigenvalue weighted by Gasteiger charge is 2.11. The van der Waals surface area contributed by atoms with Crippen LogP contribution in [0.1, 0.15) is 21.5 Å². The molecule has 1 aliphatic heterocycles. The molecule has 0 fully saturated rings. The zero-order chi connectivity index (χ0) is 15.5. The topological polar surface area (TPSA) is 35.5 Å². The van der Waals surface area contributed by atoms with E-state index in [9.17, 15) is 9.18 Å². The minimum Gasteiger partial charge on any atom is -0.486 e. The van der Waals surface area contributed by atoms with Crippen LogP contribution in [0.25, 0.3) is 6.08 Å². The van der Waals surface area contributed by atoms with Gasteiger partial charge in [0, 0.05) is 5.56 Å². The van der Waals surface area contributed by atoms with E-state index in [2.05, 4.69) is 0 Å². The molecule has 0 atom stereocenters. The normalized spacial score (nSPS) is 13.4. The van der Waals surface area contributed by atoms with Gasteiger partial charge in [-0.1, -0.05) is 12.1 Å². The Labute approximate surface area is 128 Å². The molecule has 0 spiro atoms. The summed E-state index contributed by atoms with van der Waals surface area (Å²) in [5.41, 5.74) is 1.77. The molecule has 0 N–H and O–H groups in total. The molecule has 22 heavy (non-hydrogen) atoms. The lowest BCUT2D eigenvalue weighted by Crippen LogP contribution is -2.15. The Morgan fingerprint density at radius 1 is 1.09 bits per heavy atom. The zero-order valence-electron chi connectivity index (χ0n) is 12.1. The van der Waals surface area contributed by atoms with Gasteiger partial charge in [-0.05, 0) is 54.5 Å². The summed E-state index contributed by atoms with van der Waals surface area (Å²) in [5.74, 6) is 0.910. The summed E-state index contributed by atoms with van der Waals surface area (Å²) in [7, 11) is 0. The Bertz CT molecular complexity index is 750. The van der Waals surface area contributed by atoms with Crippen LogP contribution < -0.4 is 9.47 Å². The average Bonchev–Trinajstić information content (AvgIpc) is 2.55. The highest BCUT2D eigenvalue weighted by molar-refractivity contribution is 6.06. The summed E-state index contributed by atoms with van der Waals surface area (Å²) in [6, 6.07) is 9.84. The van der Waals surface area contributed by atoms with Gasteiger partial charge in [-0.3, -0.25) is 4.79 Å². The molecule has 0 amide bonds. The van der Waals surface area contributed by atoms with Crippen molar-refractivity contribution in [3.8, 4) is 11.5 Å². The molecule has 0 radical (unpaired) electrons. The molecule has 112 valence electrons. The quantitative estimate of drug-likeness (QED) is 0.638. The van der Waals surface area contributed by atoms with E-state index in [1.54, 1.807) is 19.1 Å². The van der Waals surface area contributed by atoms with Gasteiger partial charge in [0.25, 0.3) is 0 Å². The predicted octanol–water partition coefficient (Wildman–Crippen LogP) is 3.80. The number of ketones is 1. The van der Waals surface area contributed by atoms with Gasteiger partial charge >= 0.3 is 0 Å². The molecule has 1 aliphatic rings. The summed E-state index contributed by atoms with van der Waals surface area (Å²) < 4.78 is 24.2. The van der Waals surface area contributed by atoms with Crippen LogP contribution in [0.4, 0.5) is 4.39 Å². The Morgan fingerprint density at radius 3 is 2.64 bits per heavy atom. The van der Waals surface area contributed by atoms with Gasteiger partial charge in [0.2, 0.25) is 0 Å². The average molecular weight is 298 g/mol. The van der Waals surface area contributed by atoms with Crippen molar-refractivity contribution in [1.29, 1.82) is 0 Å². The molecule has 2 aromatic carbocycles. The molecule has 0 aromatic heterocycles. The fourth-order valence-electron chi connectivity index (χ4n) is 2.23. The molecular weight excluding hydrogens is 283 g/mol. The van der Waals surface area contributed by atoms with E-state index >= 15 is 0 Å². The number of allylic oxidation sites excluding steroid dienone is 1. The molecular formula is C18H15FO3. The SMILES string of the molecule is Cc1cc(C(=O)/C=C/c2ccc3c(c2)OCCO3)ccc1F. The second-order valence-corrected chi connectivity index (χ2v) is 5.06. The molecule has 3 nitrogen and oxygen atoms in total. The molecule has 2 aromatic rings. The Morgan fingerprint density at radius 2 is 1.86 bits per heavy atom. The van der Waals surface area contributed by atoms with Crippen LogP contribution in [0.2, 0.25) is 0 Å². The van der Waals surface area contributed by atoms with Crippen LogP contribution in [0, 0.1) is 12.7 Å². The van der Waals surface area contributed by atoms with Gasteiger partial charge in [-0.2, -0.15) is 0 Å². The monoisotopic (exact) mass is 298 g/mol. The van der Waals surface area contributed by atoms with E-state index in [1.807, 2.05) is 18.2 Å². The number of halogens is 1. The maximum Gasteiger partial charge on any atom is 0.185 e. The minimum absolute atomic E-state index is 0.169. The Balaban J connectivity index is 1.78. The maximum atomic E-state index is 13.2. The molecule has 0 bridgehead atoms. The highest BCUT2D eigenvalue weighted by atomic mass is 19.1. The van der Waals surface area contributed by atoms with E-state index in [0.29, 0.717) is 35.8 Å². The smallest absolute Gasteiger partial charge is 0.185 e. The predicted molar refractivity (Wildman–Crippen MR) is 81.9 cm³/mol. The van der Waals surface area contributed by atoms with Crippen molar-refractivity contribution < 1.29 is 18.7 Å². The molecule has 0 saturated carbocycles. The van der Waals surface area contributed by atoms with Crippen LogP contribution in [0.15, 0.2) is 42.5 Å². The van der Waals surface area contributed by atoms with Crippen LogP contribution in [-0.2, 0) is 0 Å². The summed E-state index contributed by atoms with van der Waals surface area (Å²) in [5, 5.41) is 0. The molecule has 1 heterocycles. The third kappa shape index (κ3) is 3.01. The van der Waals surface area contributed by atoms with Gasteiger partial charge in [-0.25, -0.2) is 4.39 Å². The number of hydrogen-bond donors (Lipinski definition) is 0. The third-order valence-electron chi connectivity index (χ3n) is 3.44. The van der Waals surface area contributed by atoms with E-state index in [1.165, 1.54) is 18.2 Å². The van der Waals surface area contributed by atoms with E-state index < -0.39 is 0 Å². The Hall–Kier alpha value is -2.62. The lowest BCUT2D eigenvalue weighted by atomic mass is 10.1. The number of fused-ring (bicyclic) bond motifs is 1. The first-order valence-electron chi connectivity index (χ1n) is 7.02. The van der Waals surface area contributed by atoms with Crippen molar-refractivity contribution in [2.24, 2.45) is 0 Å². The fraction of sp³-hybridized carbons (Fsp3) is 0.167. The number of ether oxygens (including phenoxy) is 2. The molecule has 4 heteroatoms. The summed E-state index contributed by atoms with van der Waals surface area (Å²) in [6.45, 7) is 2.70. The lowest BCUT2D eigenvalue weighted by Gasteiger charge is -2.18. The van der Waals surface area contributed by atoms with Crippen molar-refractivity contribution in [1.82, 2.24) is 0 Å². The van der Waals surface area contributed by atoms with Crippen molar-refractivity contribution in [3.63, 3.8) is 0 Å². The minimum atomic E-state index is -0.313. The number of carbonyl (C=O) groups is 1. The van der Waals surface area contributed by atoms with Crippen molar-refractivity contribution in [2.45, 2.75) is 6.92 Å². The second-order valence-electron chi connectivity index (χ2n) is 5.06. The maximum absolute atomic E-state index is 13.2. The number of rotatable bonds is 3. The molecule has 0 saturated heterocycles. The molecule has 0 aliphatic carbocycles.